The van der Waals surface area contributed by atoms with Crippen LogP contribution in [0.5, 0.6) is 0 Å². The standard InChI is InChI=1S/C13H9NOS2/c1-8(15)9-2-3-11-12(6-9)17-13(14-11)10-4-5-16-7-10/h2-7H,1H3. The number of rotatable bonds is 2. The minimum Gasteiger partial charge on any atom is -0.295 e. The first-order valence-corrected chi connectivity index (χ1v) is 6.94. The van der Waals surface area contributed by atoms with Crippen LogP contribution < -0.4 is 0 Å². The molecule has 0 amide bonds. The summed E-state index contributed by atoms with van der Waals surface area (Å²) >= 11 is 3.29. The SMILES string of the molecule is CC(=O)c1ccc2nc(-c3ccsc3)sc2c1. The Bertz CT molecular complexity index is 683. The highest BCUT2D eigenvalue weighted by atomic mass is 32.1. The van der Waals surface area contributed by atoms with E-state index in [4.69, 9.17) is 0 Å². The van der Waals surface area contributed by atoms with Crippen molar-refractivity contribution in [1.29, 1.82) is 0 Å². The van der Waals surface area contributed by atoms with Gasteiger partial charge in [0.05, 0.1) is 10.2 Å². The normalized spacial score (nSPS) is 10.9. The first kappa shape index (κ1) is 10.6. The molecule has 0 N–H and O–H groups in total. The maximum Gasteiger partial charge on any atom is 0.159 e. The van der Waals surface area contributed by atoms with Crippen molar-refractivity contribution in [2.75, 3.05) is 0 Å². The van der Waals surface area contributed by atoms with Gasteiger partial charge in [-0.2, -0.15) is 11.3 Å². The van der Waals surface area contributed by atoms with E-state index in [-0.39, 0.29) is 5.78 Å². The summed E-state index contributed by atoms with van der Waals surface area (Å²) in [5.74, 6) is 0.0948. The van der Waals surface area contributed by atoms with Crippen LogP contribution >= 0.6 is 22.7 Å². The molecule has 84 valence electrons. The quantitative estimate of drug-likeness (QED) is 0.645. The van der Waals surface area contributed by atoms with Crippen molar-refractivity contribution >= 4 is 38.7 Å². The zero-order valence-electron chi connectivity index (χ0n) is 9.14. The molecule has 1 aromatic carbocycles. The van der Waals surface area contributed by atoms with E-state index in [1.807, 2.05) is 23.6 Å². The number of fused-ring (bicyclic) bond motifs is 1. The van der Waals surface area contributed by atoms with Crippen molar-refractivity contribution in [1.82, 2.24) is 4.98 Å². The first-order valence-electron chi connectivity index (χ1n) is 5.18. The van der Waals surface area contributed by atoms with Gasteiger partial charge >= 0.3 is 0 Å². The van der Waals surface area contributed by atoms with E-state index in [0.29, 0.717) is 0 Å². The average molecular weight is 259 g/mol. The molecule has 0 aliphatic heterocycles. The largest absolute Gasteiger partial charge is 0.295 e. The lowest BCUT2D eigenvalue weighted by Crippen LogP contribution is -1.89. The number of carbonyl (C=O) groups excluding carboxylic acids is 1. The van der Waals surface area contributed by atoms with Crippen LogP contribution in [-0.2, 0) is 0 Å². The van der Waals surface area contributed by atoms with Crippen molar-refractivity contribution in [2.24, 2.45) is 0 Å². The van der Waals surface area contributed by atoms with Crippen molar-refractivity contribution in [3.63, 3.8) is 0 Å². The summed E-state index contributed by atoms with van der Waals surface area (Å²) in [5.41, 5.74) is 2.86. The third-order valence-electron chi connectivity index (χ3n) is 2.56. The molecule has 17 heavy (non-hydrogen) atoms. The second-order valence-corrected chi connectivity index (χ2v) is 5.58. The minimum atomic E-state index is 0.0948. The molecule has 0 unspecified atom stereocenters. The highest BCUT2D eigenvalue weighted by Gasteiger charge is 2.08. The fourth-order valence-electron chi connectivity index (χ4n) is 1.65. The average Bonchev–Trinajstić information content (AvgIpc) is 2.96. The summed E-state index contributed by atoms with van der Waals surface area (Å²) in [6.07, 6.45) is 0. The van der Waals surface area contributed by atoms with Crippen LogP contribution in [0.2, 0.25) is 0 Å². The number of thiophene rings is 1. The maximum absolute atomic E-state index is 11.3. The van der Waals surface area contributed by atoms with Crippen LogP contribution in [0.25, 0.3) is 20.8 Å². The Morgan fingerprint density at radius 3 is 2.88 bits per heavy atom. The van der Waals surface area contributed by atoms with Crippen molar-refractivity contribution in [3.05, 3.63) is 40.6 Å². The van der Waals surface area contributed by atoms with Gasteiger partial charge in [0, 0.05) is 16.5 Å². The molecule has 2 aromatic heterocycles. The predicted molar refractivity (Wildman–Crippen MR) is 72.9 cm³/mol. The summed E-state index contributed by atoms with van der Waals surface area (Å²) in [6.45, 7) is 1.59. The maximum atomic E-state index is 11.3. The molecule has 4 heteroatoms. The lowest BCUT2D eigenvalue weighted by molar-refractivity contribution is 0.101. The van der Waals surface area contributed by atoms with E-state index in [0.717, 1.165) is 26.4 Å². The second-order valence-electron chi connectivity index (χ2n) is 3.77. The number of hydrogen-bond donors (Lipinski definition) is 0. The Kier molecular flexibility index (Phi) is 2.53. The number of benzene rings is 1. The van der Waals surface area contributed by atoms with E-state index in [9.17, 15) is 4.79 Å². The van der Waals surface area contributed by atoms with E-state index in [1.165, 1.54) is 0 Å². The number of aromatic nitrogens is 1. The van der Waals surface area contributed by atoms with Gasteiger partial charge in [0.2, 0.25) is 0 Å². The van der Waals surface area contributed by atoms with Gasteiger partial charge in [-0.3, -0.25) is 4.79 Å². The third kappa shape index (κ3) is 1.90. The molecule has 2 heterocycles. The number of hydrogen-bond acceptors (Lipinski definition) is 4. The lowest BCUT2D eigenvalue weighted by atomic mass is 10.1. The number of thiazole rings is 1. The molecular weight excluding hydrogens is 250 g/mol. The Morgan fingerprint density at radius 1 is 1.29 bits per heavy atom. The second kappa shape index (κ2) is 4.05. The Balaban J connectivity index is 2.16. The molecule has 0 radical (unpaired) electrons. The molecular formula is C13H9NOS2. The van der Waals surface area contributed by atoms with Crippen LogP contribution in [0.15, 0.2) is 35.0 Å². The molecule has 0 aliphatic rings. The summed E-state index contributed by atoms with van der Waals surface area (Å²) < 4.78 is 1.07. The zero-order chi connectivity index (χ0) is 11.8. The highest BCUT2D eigenvalue weighted by molar-refractivity contribution is 7.22. The van der Waals surface area contributed by atoms with Crippen molar-refractivity contribution in [2.45, 2.75) is 6.92 Å². The molecule has 3 rings (SSSR count). The molecule has 3 aromatic rings. The molecule has 0 spiro atoms. The monoisotopic (exact) mass is 259 g/mol. The van der Waals surface area contributed by atoms with Gasteiger partial charge in [-0.1, -0.05) is 0 Å². The van der Waals surface area contributed by atoms with Crippen molar-refractivity contribution in [3.8, 4) is 10.6 Å². The summed E-state index contributed by atoms with van der Waals surface area (Å²) in [7, 11) is 0. The predicted octanol–water partition coefficient (Wildman–Crippen LogP) is 4.23. The number of Topliss-reactive ketones (excluding diaryl/α,β-unsaturated/α-hetero) is 1. The molecule has 2 nitrogen and oxygen atoms in total. The van der Waals surface area contributed by atoms with Crippen LogP contribution in [0.3, 0.4) is 0 Å². The van der Waals surface area contributed by atoms with Gasteiger partial charge in [0.25, 0.3) is 0 Å². The van der Waals surface area contributed by atoms with E-state index in [2.05, 4.69) is 16.4 Å². The van der Waals surface area contributed by atoms with Crippen molar-refractivity contribution < 1.29 is 4.79 Å². The fourth-order valence-corrected chi connectivity index (χ4v) is 3.37. The minimum absolute atomic E-state index is 0.0948. The highest BCUT2D eigenvalue weighted by Crippen LogP contribution is 2.31. The first-order chi connectivity index (χ1) is 8.24. The van der Waals surface area contributed by atoms with Gasteiger partial charge in [-0.25, -0.2) is 4.98 Å². The summed E-state index contributed by atoms with van der Waals surface area (Å²) in [6, 6.07) is 7.74. The topological polar surface area (TPSA) is 30.0 Å². The van der Waals surface area contributed by atoms with Crippen LogP contribution in [0.1, 0.15) is 17.3 Å². The smallest absolute Gasteiger partial charge is 0.159 e. The summed E-state index contributed by atoms with van der Waals surface area (Å²) in [5, 5.41) is 5.15. The van der Waals surface area contributed by atoms with Gasteiger partial charge in [-0.05, 0) is 36.6 Å². The number of nitrogens with zero attached hydrogens (tertiary/aromatic N) is 1. The van der Waals surface area contributed by atoms with E-state index in [1.54, 1.807) is 29.6 Å². The van der Waals surface area contributed by atoms with Gasteiger partial charge in [0.15, 0.2) is 5.78 Å². The van der Waals surface area contributed by atoms with E-state index >= 15 is 0 Å². The van der Waals surface area contributed by atoms with E-state index < -0.39 is 0 Å². The summed E-state index contributed by atoms with van der Waals surface area (Å²) in [4.78, 5) is 15.9. The Labute approximate surface area is 107 Å². The third-order valence-corrected chi connectivity index (χ3v) is 4.31. The molecule has 0 aliphatic carbocycles. The molecule has 0 saturated carbocycles. The molecule has 0 atom stereocenters. The molecule has 0 fully saturated rings. The fraction of sp³-hybridized carbons (Fsp3) is 0.0769. The van der Waals surface area contributed by atoms with Gasteiger partial charge in [-0.15, -0.1) is 11.3 Å². The molecule has 0 bridgehead atoms. The van der Waals surface area contributed by atoms with Gasteiger partial charge in [0.1, 0.15) is 5.01 Å². The van der Waals surface area contributed by atoms with Crippen LogP contribution in [-0.4, -0.2) is 10.8 Å². The zero-order valence-corrected chi connectivity index (χ0v) is 10.8. The molecule has 0 saturated heterocycles. The lowest BCUT2D eigenvalue weighted by Gasteiger charge is -1.93. The number of carbonyl (C=O) groups is 1. The van der Waals surface area contributed by atoms with Crippen LogP contribution in [0.4, 0.5) is 0 Å². The van der Waals surface area contributed by atoms with Crippen LogP contribution in [0, 0.1) is 0 Å². The Morgan fingerprint density at radius 2 is 2.18 bits per heavy atom. The Hall–Kier alpha value is -1.52. The van der Waals surface area contributed by atoms with Gasteiger partial charge < -0.3 is 0 Å². The number of ketones is 1.